The number of hydrogen-bond donors (Lipinski definition) is 1. The predicted molar refractivity (Wildman–Crippen MR) is 147 cm³/mol. The van der Waals surface area contributed by atoms with Crippen LogP contribution in [0.15, 0.2) is 36.4 Å². The Bertz CT molecular complexity index is 1180. The molecule has 0 saturated carbocycles. The first-order chi connectivity index (χ1) is 16.7. The van der Waals surface area contributed by atoms with Gasteiger partial charge >= 0.3 is 0 Å². The molecule has 0 heterocycles. The van der Waals surface area contributed by atoms with Gasteiger partial charge in [-0.15, -0.1) is 0 Å². The van der Waals surface area contributed by atoms with E-state index in [0.29, 0.717) is 26.3 Å². The van der Waals surface area contributed by atoms with Crippen molar-refractivity contribution < 1.29 is 18.0 Å². The molecule has 0 fully saturated rings. The van der Waals surface area contributed by atoms with Crippen LogP contribution in [0.4, 0.5) is 5.69 Å². The van der Waals surface area contributed by atoms with Crippen molar-refractivity contribution in [3.8, 4) is 0 Å². The smallest absolute Gasteiger partial charge is 0.242 e. The van der Waals surface area contributed by atoms with E-state index in [2.05, 4.69) is 5.32 Å². The zero-order valence-electron chi connectivity index (χ0n) is 21.0. The molecule has 2 rings (SSSR count). The Morgan fingerprint density at radius 2 is 1.64 bits per heavy atom. The number of aryl methyl sites for hydroxylation is 1. The highest BCUT2D eigenvalue weighted by molar-refractivity contribution is 7.92. The van der Waals surface area contributed by atoms with Crippen molar-refractivity contribution in [2.24, 2.45) is 0 Å². The van der Waals surface area contributed by atoms with Crippen LogP contribution in [0.2, 0.25) is 15.1 Å². The lowest BCUT2D eigenvalue weighted by Crippen LogP contribution is -2.49. The Morgan fingerprint density at radius 1 is 1.03 bits per heavy atom. The number of benzene rings is 2. The van der Waals surface area contributed by atoms with Gasteiger partial charge in [0.25, 0.3) is 0 Å². The van der Waals surface area contributed by atoms with Crippen LogP contribution in [-0.4, -0.2) is 50.0 Å². The lowest BCUT2D eigenvalue weighted by atomic mass is 10.1. The highest BCUT2D eigenvalue weighted by atomic mass is 35.5. The molecule has 0 aromatic heterocycles. The van der Waals surface area contributed by atoms with Gasteiger partial charge in [-0.1, -0.05) is 46.9 Å². The summed E-state index contributed by atoms with van der Waals surface area (Å²) in [5, 5.41) is 4.00. The zero-order chi connectivity index (χ0) is 27.2. The number of anilines is 1. The Morgan fingerprint density at radius 3 is 2.19 bits per heavy atom. The van der Waals surface area contributed by atoms with Crippen LogP contribution in [0.5, 0.6) is 0 Å². The third kappa shape index (κ3) is 8.26. The third-order valence-electron chi connectivity index (χ3n) is 5.58. The fourth-order valence-corrected chi connectivity index (χ4v) is 5.37. The molecule has 0 aliphatic rings. The van der Waals surface area contributed by atoms with E-state index in [1.807, 2.05) is 13.8 Å². The van der Waals surface area contributed by atoms with Crippen molar-refractivity contribution in [1.29, 1.82) is 0 Å². The van der Waals surface area contributed by atoms with E-state index in [-0.39, 0.29) is 43.8 Å². The summed E-state index contributed by atoms with van der Waals surface area (Å²) in [5.41, 5.74) is 1.73. The molecule has 0 unspecified atom stereocenters. The number of rotatable bonds is 11. The first-order valence-electron chi connectivity index (χ1n) is 11.5. The maximum absolute atomic E-state index is 13.4. The normalized spacial score (nSPS) is 12.4. The summed E-state index contributed by atoms with van der Waals surface area (Å²) in [6, 6.07) is 9.15. The Hall–Kier alpha value is -2.00. The van der Waals surface area contributed by atoms with Gasteiger partial charge in [-0.25, -0.2) is 8.42 Å². The molecule has 0 saturated heterocycles. The quantitative estimate of drug-likeness (QED) is 0.386. The maximum Gasteiger partial charge on any atom is 0.242 e. The lowest BCUT2D eigenvalue weighted by molar-refractivity contribution is -0.140. The topological polar surface area (TPSA) is 86.8 Å². The van der Waals surface area contributed by atoms with Crippen molar-refractivity contribution in [2.75, 3.05) is 17.1 Å². The average Bonchev–Trinajstić information content (AvgIpc) is 2.76. The number of nitrogens with one attached hydrogen (secondary N) is 1. The second-order valence-electron chi connectivity index (χ2n) is 8.93. The molecule has 0 radical (unpaired) electrons. The monoisotopic (exact) mass is 575 g/mol. The Kier molecular flexibility index (Phi) is 10.9. The van der Waals surface area contributed by atoms with Gasteiger partial charge < -0.3 is 10.2 Å². The number of nitrogens with zero attached hydrogens (tertiary/aromatic N) is 2. The number of amides is 2. The first kappa shape index (κ1) is 30.2. The van der Waals surface area contributed by atoms with Gasteiger partial charge in [0.15, 0.2) is 0 Å². The summed E-state index contributed by atoms with van der Waals surface area (Å²) in [4.78, 5) is 27.5. The molecular formula is C25H32Cl3N3O4S. The van der Waals surface area contributed by atoms with Crippen LogP contribution in [0.25, 0.3) is 0 Å². The predicted octanol–water partition coefficient (Wildman–Crippen LogP) is 5.44. The fraction of sp³-hybridized carbons (Fsp3) is 0.440. The second kappa shape index (κ2) is 13.0. The molecule has 0 aliphatic heterocycles. The van der Waals surface area contributed by atoms with Gasteiger partial charge in [0.2, 0.25) is 21.8 Å². The van der Waals surface area contributed by atoms with Crippen LogP contribution in [0, 0.1) is 6.92 Å². The number of carbonyl (C=O) groups is 2. The molecule has 7 nitrogen and oxygen atoms in total. The van der Waals surface area contributed by atoms with Crippen molar-refractivity contribution in [1.82, 2.24) is 10.2 Å². The molecule has 2 aromatic rings. The van der Waals surface area contributed by atoms with Gasteiger partial charge in [-0.3, -0.25) is 13.9 Å². The molecule has 198 valence electrons. The second-order valence-corrected chi connectivity index (χ2v) is 12.1. The molecule has 1 N–H and O–H groups in total. The van der Waals surface area contributed by atoms with Crippen molar-refractivity contribution in [3.63, 3.8) is 0 Å². The number of sulfonamides is 1. The summed E-state index contributed by atoms with van der Waals surface area (Å²) < 4.78 is 26.3. The summed E-state index contributed by atoms with van der Waals surface area (Å²) in [7, 11) is -3.63. The van der Waals surface area contributed by atoms with Crippen LogP contribution >= 0.6 is 34.8 Å². The molecule has 1 atom stereocenters. The van der Waals surface area contributed by atoms with E-state index in [1.54, 1.807) is 50.2 Å². The molecular weight excluding hydrogens is 545 g/mol. The standard InChI is InChI=1S/C25H32Cl3N3O4S/c1-16(2)29-25(33)18(4)30(15-20-21(27)8-6-9-22(20)28)24(32)10-7-13-31(36(5,34)35)23-14-19(26)12-11-17(23)3/h6,8-9,11-12,14,16,18H,7,10,13,15H2,1-5H3,(H,29,33)/t18-/m1/s1. The minimum absolute atomic E-state index is 0.00695. The van der Waals surface area contributed by atoms with Crippen LogP contribution in [0.3, 0.4) is 0 Å². The lowest BCUT2D eigenvalue weighted by Gasteiger charge is -2.30. The van der Waals surface area contributed by atoms with Crippen molar-refractivity contribution >= 4 is 62.3 Å². The van der Waals surface area contributed by atoms with Gasteiger partial charge in [0, 0.05) is 46.2 Å². The van der Waals surface area contributed by atoms with E-state index in [4.69, 9.17) is 34.8 Å². The Balaban J connectivity index is 2.26. The molecule has 0 aliphatic carbocycles. The molecule has 11 heteroatoms. The van der Waals surface area contributed by atoms with E-state index < -0.39 is 16.1 Å². The summed E-state index contributed by atoms with van der Waals surface area (Å²) >= 11 is 18.8. The number of halogens is 3. The number of hydrogen-bond acceptors (Lipinski definition) is 4. The SMILES string of the molecule is Cc1ccc(Cl)cc1N(CCCC(=O)N(Cc1c(Cl)cccc1Cl)[C@H](C)C(=O)NC(C)C)S(C)(=O)=O. The highest BCUT2D eigenvalue weighted by Gasteiger charge is 2.28. The molecule has 2 amide bonds. The maximum atomic E-state index is 13.4. The van der Waals surface area contributed by atoms with E-state index in [0.717, 1.165) is 11.8 Å². The molecule has 2 aromatic carbocycles. The first-order valence-corrected chi connectivity index (χ1v) is 14.5. The minimum atomic E-state index is -3.63. The molecule has 36 heavy (non-hydrogen) atoms. The summed E-state index contributed by atoms with van der Waals surface area (Å²) in [6.07, 6.45) is 1.34. The van der Waals surface area contributed by atoms with E-state index in [1.165, 1.54) is 9.21 Å². The average molecular weight is 577 g/mol. The van der Waals surface area contributed by atoms with Gasteiger partial charge in [-0.2, -0.15) is 0 Å². The van der Waals surface area contributed by atoms with Gasteiger partial charge in [-0.05, 0) is 63.9 Å². The summed E-state index contributed by atoms with van der Waals surface area (Å²) in [5.74, 6) is -0.637. The van der Waals surface area contributed by atoms with E-state index in [9.17, 15) is 18.0 Å². The largest absolute Gasteiger partial charge is 0.352 e. The molecule has 0 bridgehead atoms. The fourth-order valence-electron chi connectivity index (χ4n) is 3.68. The van der Waals surface area contributed by atoms with Crippen LogP contribution in [0.1, 0.15) is 44.7 Å². The minimum Gasteiger partial charge on any atom is -0.352 e. The van der Waals surface area contributed by atoms with Gasteiger partial charge in [0.05, 0.1) is 11.9 Å². The van der Waals surface area contributed by atoms with Crippen LogP contribution < -0.4 is 9.62 Å². The van der Waals surface area contributed by atoms with Crippen LogP contribution in [-0.2, 0) is 26.2 Å². The summed E-state index contributed by atoms with van der Waals surface area (Å²) in [6.45, 7) is 7.20. The third-order valence-corrected chi connectivity index (χ3v) is 7.70. The van der Waals surface area contributed by atoms with Crippen molar-refractivity contribution in [3.05, 3.63) is 62.6 Å². The van der Waals surface area contributed by atoms with E-state index >= 15 is 0 Å². The number of carbonyl (C=O) groups excluding carboxylic acids is 2. The molecule has 0 spiro atoms. The van der Waals surface area contributed by atoms with Crippen molar-refractivity contribution in [2.45, 2.75) is 59.2 Å². The highest BCUT2D eigenvalue weighted by Crippen LogP contribution is 2.28. The van der Waals surface area contributed by atoms with Gasteiger partial charge in [0.1, 0.15) is 6.04 Å². The Labute approximate surface area is 228 Å². The zero-order valence-corrected chi connectivity index (χ0v) is 24.1.